The Balaban J connectivity index is 1.94. The molecule has 1 aliphatic heterocycles. The average molecular weight is 218 g/mol. The van der Waals surface area contributed by atoms with Crippen LogP contribution in [0.25, 0.3) is 0 Å². The van der Waals surface area contributed by atoms with Gasteiger partial charge in [-0.3, -0.25) is 4.79 Å². The number of Topliss-reactive ketones (excluding diaryl/α,β-unsaturated/α-hetero) is 1. The number of ether oxygens (including phenoxy) is 2. The lowest BCUT2D eigenvalue weighted by atomic mass is 10.1. The maximum absolute atomic E-state index is 11.3. The van der Waals surface area contributed by atoms with Crippen LogP contribution in [0, 0.1) is 0 Å². The fourth-order valence-corrected chi connectivity index (χ4v) is 2.43. The Hall–Kier alpha value is -1.51. The summed E-state index contributed by atoms with van der Waals surface area (Å²) < 4.78 is 11.7. The van der Waals surface area contributed by atoms with Crippen molar-refractivity contribution in [3.63, 3.8) is 0 Å². The van der Waals surface area contributed by atoms with Gasteiger partial charge in [0.05, 0.1) is 0 Å². The van der Waals surface area contributed by atoms with E-state index in [0.29, 0.717) is 5.56 Å². The van der Waals surface area contributed by atoms with Gasteiger partial charge in [0, 0.05) is 18.4 Å². The van der Waals surface area contributed by atoms with Crippen molar-refractivity contribution in [1.29, 1.82) is 0 Å². The minimum Gasteiger partial charge on any atom is -0.448 e. The highest BCUT2D eigenvalue weighted by molar-refractivity contribution is 5.94. The smallest absolute Gasteiger partial charge is 0.251 e. The minimum absolute atomic E-state index is 0.0544. The number of carbonyl (C=O) groups is 1. The average Bonchev–Trinajstić information content (AvgIpc) is 2.84. The van der Waals surface area contributed by atoms with E-state index >= 15 is 0 Å². The Kier molecular flexibility index (Phi) is 1.96. The van der Waals surface area contributed by atoms with Crippen molar-refractivity contribution in [1.82, 2.24) is 0 Å². The number of carbonyl (C=O) groups excluding carboxylic acids is 1. The molecular weight excluding hydrogens is 204 g/mol. The SMILES string of the molecule is CC(=O)c1ccc2c(c1)OC1(CCCC1)O2. The van der Waals surface area contributed by atoms with Crippen LogP contribution in [-0.2, 0) is 0 Å². The number of rotatable bonds is 1. The highest BCUT2D eigenvalue weighted by Crippen LogP contribution is 2.46. The summed E-state index contributed by atoms with van der Waals surface area (Å²) in [5, 5.41) is 0. The molecule has 0 unspecified atom stereocenters. The summed E-state index contributed by atoms with van der Waals surface area (Å²) >= 11 is 0. The molecule has 1 aliphatic carbocycles. The first-order valence-electron chi connectivity index (χ1n) is 5.72. The molecule has 2 aliphatic rings. The Morgan fingerprint density at radius 3 is 2.56 bits per heavy atom. The fourth-order valence-electron chi connectivity index (χ4n) is 2.43. The van der Waals surface area contributed by atoms with E-state index in [1.54, 1.807) is 19.1 Å². The monoisotopic (exact) mass is 218 g/mol. The van der Waals surface area contributed by atoms with Crippen molar-refractivity contribution >= 4 is 5.78 Å². The first-order valence-corrected chi connectivity index (χ1v) is 5.72. The standard InChI is InChI=1S/C13H14O3/c1-9(14)10-4-5-11-12(8-10)16-13(15-11)6-2-3-7-13/h4-5,8H,2-3,6-7H2,1H3. The minimum atomic E-state index is -0.433. The second-order valence-corrected chi connectivity index (χ2v) is 4.54. The third kappa shape index (κ3) is 1.39. The van der Waals surface area contributed by atoms with Crippen molar-refractivity contribution in [3.8, 4) is 11.5 Å². The number of fused-ring (bicyclic) bond motifs is 1. The zero-order valence-electron chi connectivity index (χ0n) is 9.29. The summed E-state index contributed by atoms with van der Waals surface area (Å²) in [5.41, 5.74) is 0.678. The summed E-state index contributed by atoms with van der Waals surface area (Å²) in [6.07, 6.45) is 4.18. The highest BCUT2D eigenvalue weighted by Gasteiger charge is 2.44. The predicted octanol–water partition coefficient (Wildman–Crippen LogP) is 2.93. The van der Waals surface area contributed by atoms with E-state index < -0.39 is 5.79 Å². The lowest BCUT2D eigenvalue weighted by Gasteiger charge is -2.21. The van der Waals surface area contributed by atoms with Crippen molar-refractivity contribution < 1.29 is 14.3 Å². The number of ketones is 1. The molecule has 84 valence electrons. The summed E-state index contributed by atoms with van der Waals surface area (Å²) in [7, 11) is 0. The lowest BCUT2D eigenvalue weighted by Crippen LogP contribution is -2.34. The third-order valence-electron chi connectivity index (χ3n) is 3.31. The summed E-state index contributed by atoms with van der Waals surface area (Å²) in [4.78, 5) is 11.3. The second-order valence-electron chi connectivity index (χ2n) is 4.54. The molecule has 3 heteroatoms. The van der Waals surface area contributed by atoms with Gasteiger partial charge in [0.15, 0.2) is 17.3 Å². The van der Waals surface area contributed by atoms with Gasteiger partial charge in [-0.05, 0) is 38.0 Å². The van der Waals surface area contributed by atoms with Crippen molar-refractivity contribution in [2.45, 2.75) is 38.4 Å². The molecule has 1 fully saturated rings. The summed E-state index contributed by atoms with van der Waals surface area (Å²) in [6, 6.07) is 5.41. The van der Waals surface area contributed by atoms with Crippen molar-refractivity contribution in [3.05, 3.63) is 23.8 Å². The Labute approximate surface area is 94.4 Å². The molecule has 0 saturated heterocycles. The molecule has 0 aromatic heterocycles. The van der Waals surface area contributed by atoms with Crippen molar-refractivity contribution in [2.24, 2.45) is 0 Å². The maximum Gasteiger partial charge on any atom is 0.251 e. The highest BCUT2D eigenvalue weighted by atomic mass is 16.7. The largest absolute Gasteiger partial charge is 0.448 e. The molecule has 16 heavy (non-hydrogen) atoms. The van der Waals surface area contributed by atoms with E-state index in [4.69, 9.17) is 9.47 Å². The zero-order chi connectivity index (χ0) is 11.2. The molecule has 1 aromatic rings. The molecule has 1 spiro atoms. The first kappa shape index (κ1) is 9.70. The molecule has 0 bridgehead atoms. The van der Waals surface area contributed by atoms with E-state index in [-0.39, 0.29) is 5.78 Å². The number of hydrogen-bond acceptors (Lipinski definition) is 3. The van der Waals surface area contributed by atoms with E-state index in [1.165, 1.54) is 0 Å². The molecule has 1 aromatic carbocycles. The van der Waals surface area contributed by atoms with E-state index in [2.05, 4.69) is 0 Å². The fraction of sp³-hybridized carbons (Fsp3) is 0.462. The Morgan fingerprint density at radius 2 is 1.88 bits per heavy atom. The normalized spacial score (nSPS) is 20.3. The number of benzene rings is 1. The van der Waals surface area contributed by atoms with Crippen LogP contribution in [0.2, 0.25) is 0 Å². The molecule has 0 radical (unpaired) electrons. The van der Waals surface area contributed by atoms with Crippen LogP contribution in [0.3, 0.4) is 0 Å². The zero-order valence-corrected chi connectivity index (χ0v) is 9.29. The molecule has 0 atom stereocenters. The van der Waals surface area contributed by atoms with Crippen LogP contribution >= 0.6 is 0 Å². The van der Waals surface area contributed by atoms with Gasteiger partial charge in [-0.1, -0.05) is 0 Å². The van der Waals surface area contributed by atoms with Crippen LogP contribution in [0.15, 0.2) is 18.2 Å². The molecule has 3 rings (SSSR count). The Bertz CT molecular complexity index is 444. The van der Waals surface area contributed by atoms with Crippen molar-refractivity contribution in [2.75, 3.05) is 0 Å². The maximum atomic E-state index is 11.3. The van der Waals surface area contributed by atoms with E-state index in [0.717, 1.165) is 37.2 Å². The van der Waals surface area contributed by atoms with E-state index in [9.17, 15) is 4.79 Å². The lowest BCUT2D eigenvalue weighted by molar-refractivity contribution is -0.0716. The second kappa shape index (κ2) is 3.24. The molecular formula is C13H14O3. The van der Waals surface area contributed by atoms with Gasteiger partial charge in [-0.25, -0.2) is 0 Å². The molecule has 1 heterocycles. The topological polar surface area (TPSA) is 35.5 Å². The van der Waals surface area contributed by atoms with Gasteiger partial charge in [0.25, 0.3) is 5.79 Å². The number of hydrogen-bond donors (Lipinski definition) is 0. The molecule has 0 N–H and O–H groups in total. The molecule has 1 saturated carbocycles. The predicted molar refractivity (Wildman–Crippen MR) is 58.9 cm³/mol. The summed E-state index contributed by atoms with van der Waals surface area (Å²) in [6.45, 7) is 1.56. The quantitative estimate of drug-likeness (QED) is 0.680. The Morgan fingerprint density at radius 1 is 1.19 bits per heavy atom. The van der Waals surface area contributed by atoms with Crippen LogP contribution < -0.4 is 9.47 Å². The van der Waals surface area contributed by atoms with Gasteiger partial charge in [-0.2, -0.15) is 0 Å². The van der Waals surface area contributed by atoms with Crippen LogP contribution in [-0.4, -0.2) is 11.6 Å². The van der Waals surface area contributed by atoms with Crippen LogP contribution in [0.5, 0.6) is 11.5 Å². The van der Waals surface area contributed by atoms with Gasteiger partial charge in [0.2, 0.25) is 0 Å². The van der Waals surface area contributed by atoms with Gasteiger partial charge >= 0.3 is 0 Å². The molecule has 0 amide bonds. The van der Waals surface area contributed by atoms with Gasteiger partial charge in [-0.15, -0.1) is 0 Å². The summed E-state index contributed by atoms with van der Waals surface area (Å²) in [5.74, 6) is 1.11. The van der Waals surface area contributed by atoms with Crippen LogP contribution in [0.4, 0.5) is 0 Å². The third-order valence-corrected chi connectivity index (χ3v) is 3.31. The van der Waals surface area contributed by atoms with Crippen LogP contribution in [0.1, 0.15) is 43.0 Å². The first-order chi connectivity index (χ1) is 7.69. The van der Waals surface area contributed by atoms with E-state index in [1.807, 2.05) is 6.07 Å². The van der Waals surface area contributed by atoms with Gasteiger partial charge < -0.3 is 9.47 Å². The molecule has 3 nitrogen and oxygen atoms in total. The van der Waals surface area contributed by atoms with Gasteiger partial charge in [0.1, 0.15) is 0 Å².